The maximum atomic E-state index is 14.1. The van der Waals surface area contributed by atoms with Gasteiger partial charge in [-0.3, -0.25) is 4.31 Å². The molecule has 0 radical (unpaired) electrons. The molecule has 0 saturated heterocycles. The lowest BCUT2D eigenvalue weighted by Crippen LogP contribution is -2.39. The number of fused-ring (bicyclic) bond motifs is 3. The van der Waals surface area contributed by atoms with Gasteiger partial charge in [-0.2, -0.15) is 0 Å². The molecule has 4 rings (SSSR count). The molecule has 31 heavy (non-hydrogen) atoms. The number of ether oxygens (including phenoxy) is 2. The summed E-state index contributed by atoms with van der Waals surface area (Å²) in [7, 11) is -4.05. The van der Waals surface area contributed by atoms with E-state index in [2.05, 4.69) is 0 Å². The van der Waals surface area contributed by atoms with Crippen molar-refractivity contribution in [1.29, 1.82) is 0 Å². The van der Waals surface area contributed by atoms with Crippen LogP contribution in [-0.2, 0) is 14.8 Å². The maximum Gasteiger partial charge on any atom is 0.513 e. The van der Waals surface area contributed by atoms with E-state index in [0.29, 0.717) is 12.1 Å². The minimum absolute atomic E-state index is 0.00243. The number of carbonyl (C=O) groups is 1. The number of anilines is 1. The third-order valence-corrected chi connectivity index (χ3v) is 6.91. The number of aromatic nitrogens is 1. The van der Waals surface area contributed by atoms with Gasteiger partial charge in [0.15, 0.2) is 0 Å². The van der Waals surface area contributed by atoms with E-state index in [9.17, 15) is 17.6 Å². The Balaban J connectivity index is 1.77. The Labute approximate surface area is 179 Å². The lowest BCUT2D eigenvalue weighted by atomic mass is 10.1. The summed E-state index contributed by atoms with van der Waals surface area (Å²) in [5.41, 5.74) is 1.65. The van der Waals surface area contributed by atoms with Crippen molar-refractivity contribution in [2.75, 3.05) is 10.9 Å². The van der Waals surface area contributed by atoms with Crippen molar-refractivity contribution < 1.29 is 27.1 Å². The minimum atomic E-state index is -4.05. The SMILES string of the molecule is CCOC(=O)Oc1ccc(S(=O)(=O)N2c3cc(F)ccc3-n3cccc3[C@@H]2CC)cc1. The Morgan fingerprint density at radius 2 is 1.81 bits per heavy atom. The Morgan fingerprint density at radius 3 is 2.48 bits per heavy atom. The third-order valence-electron chi connectivity index (χ3n) is 5.07. The molecular formula is C22H21FN2O5S. The van der Waals surface area contributed by atoms with Crippen molar-refractivity contribution in [1.82, 2.24) is 4.57 Å². The van der Waals surface area contributed by atoms with Gasteiger partial charge in [0.1, 0.15) is 11.6 Å². The number of nitrogens with zero attached hydrogens (tertiary/aromatic N) is 2. The molecule has 1 aliphatic heterocycles. The molecule has 9 heteroatoms. The quantitative estimate of drug-likeness (QED) is 0.417. The first-order valence-corrected chi connectivity index (χ1v) is 11.3. The monoisotopic (exact) mass is 444 g/mol. The lowest BCUT2D eigenvalue weighted by Gasteiger charge is -2.38. The highest BCUT2D eigenvalue weighted by Gasteiger charge is 2.38. The van der Waals surface area contributed by atoms with E-state index in [0.717, 1.165) is 5.69 Å². The first-order chi connectivity index (χ1) is 14.9. The van der Waals surface area contributed by atoms with E-state index in [1.807, 2.05) is 29.8 Å². The van der Waals surface area contributed by atoms with Gasteiger partial charge in [-0.1, -0.05) is 6.92 Å². The molecule has 1 atom stereocenters. The molecule has 162 valence electrons. The van der Waals surface area contributed by atoms with Gasteiger partial charge in [0.25, 0.3) is 10.0 Å². The van der Waals surface area contributed by atoms with Gasteiger partial charge in [0.2, 0.25) is 0 Å². The zero-order valence-electron chi connectivity index (χ0n) is 17.0. The van der Waals surface area contributed by atoms with Crippen LogP contribution in [0.2, 0.25) is 0 Å². The number of carbonyl (C=O) groups excluding carboxylic acids is 1. The van der Waals surface area contributed by atoms with Crippen molar-refractivity contribution in [2.45, 2.75) is 31.2 Å². The van der Waals surface area contributed by atoms with Crippen LogP contribution in [0.25, 0.3) is 5.69 Å². The van der Waals surface area contributed by atoms with Crippen LogP contribution in [0.1, 0.15) is 32.0 Å². The molecule has 0 bridgehead atoms. The van der Waals surface area contributed by atoms with Gasteiger partial charge in [-0.25, -0.2) is 17.6 Å². The molecule has 0 saturated carbocycles. The number of rotatable bonds is 5. The highest BCUT2D eigenvalue weighted by Crippen LogP contribution is 2.44. The Morgan fingerprint density at radius 1 is 1.06 bits per heavy atom. The molecule has 0 fully saturated rings. The molecule has 0 aliphatic carbocycles. The van der Waals surface area contributed by atoms with Gasteiger partial charge in [-0.05, 0) is 61.9 Å². The highest BCUT2D eigenvalue weighted by molar-refractivity contribution is 7.92. The summed E-state index contributed by atoms with van der Waals surface area (Å²) in [6, 6.07) is 12.8. The first-order valence-electron chi connectivity index (χ1n) is 9.83. The maximum absolute atomic E-state index is 14.1. The molecule has 1 aromatic heterocycles. The molecule has 3 aromatic rings. The van der Waals surface area contributed by atoms with E-state index in [4.69, 9.17) is 9.47 Å². The van der Waals surface area contributed by atoms with Crippen LogP contribution < -0.4 is 9.04 Å². The van der Waals surface area contributed by atoms with E-state index in [1.165, 1.54) is 40.7 Å². The number of hydrogen-bond acceptors (Lipinski definition) is 5. The zero-order chi connectivity index (χ0) is 22.2. The van der Waals surface area contributed by atoms with Crippen LogP contribution >= 0.6 is 0 Å². The summed E-state index contributed by atoms with van der Waals surface area (Å²) in [6.45, 7) is 3.69. The fraction of sp³-hybridized carbons (Fsp3) is 0.227. The van der Waals surface area contributed by atoms with E-state index < -0.39 is 28.0 Å². The van der Waals surface area contributed by atoms with Crippen molar-refractivity contribution >= 4 is 21.9 Å². The Bertz CT molecular complexity index is 1220. The van der Waals surface area contributed by atoms with Crippen LogP contribution in [0.3, 0.4) is 0 Å². The van der Waals surface area contributed by atoms with E-state index >= 15 is 0 Å². The smallest absolute Gasteiger partial charge is 0.434 e. The average molecular weight is 444 g/mol. The van der Waals surface area contributed by atoms with Gasteiger partial charge in [0.05, 0.1) is 28.9 Å². The van der Waals surface area contributed by atoms with Gasteiger partial charge in [-0.15, -0.1) is 0 Å². The molecule has 7 nitrogen and oxygen atoms in total. The molecule has 1 aliphatic rings. The molecular weight excluding hydrogens is 423 g/mol. The second-order valence-corrected chi connectivity index (χ2v) is 8.73. The van der Waals surface area contributed by atoms with E-state index in [1.54, 1.807) is 13.0 Å². The minimum Gasteiger partial charge on any atom is -0.434 e. The fourth-order valence-corrected chi connectivity index (χ4v) is 5.46. The van der Waals surface area contributed by atoms with Gasteiger partial charge in [0, 0.05) is 18.0 Å². The summed E-state index contributed by atoms with van der Waals surface area (Å²) in [5, 5.41) is 0. The second kappa shape index (κ2) is 8.07. The largest absolute Gasteiger partial charge is 0.513 e. The molecule has 2 heterocycles. The zero-order valence-corrected chi connectivity index (χ0v) is 17.8. The number of halogens is 1. The molecule has 0 N–H and O–H groups in total. The summed E-state index contributed by atoms with van der Waals surface area (Å²) < 4.78 is 54.3. The molecule has 0 spiro atoms. The van der Waals surface area contributed by atoms with Crippen LogP contribution in [0.15, 0.2) is 65.7 Å². The highest BCUT2D eigenvalue weighted by atomic mass is 32.2. The topological polar surface area (TPSA) is 77.8 Å². The first kappa shape index (κ1) is 20.9. The van der Waals surface area contributed by atoms with Gasteiger partial charge >= 0.3 is 6.16 Å². The number of benzene rings is 2. The van der Waals surface area contributed by atoms with Crippen LogP contribution in [0.5, 0.6) is 5.75 Å². The second-order valence-electron chi connectivity index (χ2n) is 6.92. The van der Waals surface area contributed by atoms with Crippen LogP contribution in [-0.4, -0.2) is 25.7 Å². The molecule has 0 unspecified atom stereocenters. The van der Waals surface area contributed by atoms with Crippen molar-refractivity contribution in [3.8, 4) is 11.4 Å². The standard InChI is InChI=1S/C22H21FN2O5S/c1-3-18-19-6-5-13-24(19)20-12-7-15(23)14-21(20)25(18)31(27,28)17-10-8-16(9-11-17)30-22(26)29-4-2/h5-14,18H,3-4H2,1-2H3/t18-/m0/s1. The van der Waals surface area contributed by atoms with Crippen LogP contribution in [0, 0.1) is 5.82 Å². The number of sulfonamides is 1. The summed E-state index contributed by atoms with van der Waals surface area (Å²) in [6.07, 6.45) is 1.45. The summed E-state index contributed by atoms with van der Waals surface area (Å²) >= 11 is 0. The molecule has 0 amide bonds. The van der Waals surface area contributed by atoms with Crippen molar-refractivity contribution in [3.63, 3.8) is 0 Å². The normalized spacial score (nSPS) is 15.2. The summed E-state index contributed by atoms with van der Waals surface area (Å²) in [5.74, 6) is -0.369. The molecule has 2 aromatic carbocycles. The van der Waals surface area contributed by atoms with Crippen LogP contribution in [0.4, 0.5) is 14.9 Å². The van der Waals surface area contributed by atoms with Gasteiger partial charge < -0.3 is 14.0 Å². The summed E-state index contributed by atoms with van der Waals surface area (Å²) in [4.78, 5) is 11.5. The van der Waals surface area contributed by atoms with E-state index in [-0.39, 0.29) is 22.9 Å². The Kier molecular flexibility index (Phi) is 5.45. The van der Waals surface area contributed by atoms with Crippen molar-refractivity contribution in [2.24, 2.45) is 0 Å². The predicted octanol–water partition coefficient (Wildman–Crippen LogP) is 4.81. The average Bonchev–Trinajstić information content (AvgIpc) is 3.22. The number of hydrogen-bond donors (Lipinski definition) is 0. The Hall–Kier alpha value is -3.33. The van der Waals surface area contributed by atoms with Crippen molar-refractivity contribution in [3.05, 3.63) is 72.3 Å². The third kappa shape index (κ3) is 3.65. The predicted molar refractivity (Wildman–Crippen MR) is 113 cm³/mol. The fourth-order valence-electron chi connectivity index (χ4n) is 3.76. The lowest BCUT2D eigenvalue weighted by molar-refractivity contribution is 0.104.